The average molecular weight is 430 g/mol. The molecule has 0 spiro atoms. The summed E-state index contributed by atoms with van der Waals surface area (Å²) in [5.41, 5.74) is 1.77. The second kappa shape index (κ2) is 8.59. The number of fused-ring (bicyclic) bond motifs is 1. The van der Waals surface area contributed by atoms with Crippen LogP contribution in [0.3, 0.4) is 0 Å². The second-order valence-corrected chi connectivity index (χ2v) is 7.03. The third kappa shape index (κ3) is 3.21. The van der Waals surface area contributed by atoms with Gasteiger partial charge in [0.25, 0.3) is 0 Å². The van der Waals surface area contributed by atoms with Crippen LogP contribution in [0.1, 0.15) is 31.8 Å². The van der Waals surface area contributed by atoms with E-state index < -0.39 is 0 Å². The third-order valence-electron chi connectivity index (χ3n) is 5.48. The van der Waals surface area contributed by atoms with Crippen molar-refractivity contribution < 1.29 is 28.5 Å². The molecule has 0 aromatic heterocycles. The van der Waals surface area contributed by atoms with E-state index in [-0.39, 0.29) is 22.7 Å². The largest absolute Gasteiger partial charge is 0.496 e. The van der Waals surface area contributed by atoms with Crippen molar-refractivity contribution in [2.45, 2.75) is 0 Å². The minimum atomic E-state index is -0.314. The zero-order chi connectivity index (χ0) is 22.8. The first-order valence-corrected chi connectivity index (χ1v) is 9.92. The predicted molar refractivity (Wildman–Crippen MR) is 121 cm³/mol. The van der Waals surface area contributed by atoms with Crippen LogP contribution in [-0.4, -0.2) is 40.0 Å². The Morgan fingerprint density at radius 2 is 0.781 bits per heavy atom. The zero-order valence-electron chi connectivity index (χ0n) is 18.2. The number of methoxy groups -OCH3 is 4. The monoisotopic (exact) mass is 430 g/mol. The average Bonchev–Trinajstić information content (AvgIpc) is 2.85. The van der Waals surface area contributed by atoms with E-state index >= 15 is 0 Å². The predicted octanol–water partition coefficient (Wildman–Crippen LogP) is 4.71. The summed E-state index contributed by atoms with van der Waals surface area (Å²) in [6, 6.07) is 17.2. The molecule has 6 nitrogen and oxygen atoms in total. The lowest BCUT2D eigenvalue weighted by atomic mass is 9.77. The molecular weight excluding hydrogens is 408 g/mol. The van der Waals surface area contributed by atoms with Gasteiger partial charge in [-0.1, -0.05) is 36.4 Å². The maximum Gasteiger partial charge on any atom is 0.195 e. The van der Waals surface area contributed by atoms with Crippen molar-refractivity contribution in [3.05, 3.63) is 82.9 Å². The molecule has 0 aliphatic heterocycles. The zero-order valence-corrected chi connectivity index (χ0v) is 18.2. The number of rotatable bonds is 6. The van der Waals surface area contributed by atoms with E-state index in [1.54, 1.807) is 60.7 Å². The standard InChI is InChI=1S/C26H22O6/c1-29-17-11-7-12-18(30-2)21(17)23-24(22-19(31-3)13-8-14-20(22)32-4)26(28)16-10-6-5-9-15(16)25(23)27/h5-14H,1-4H3. The van der Waals surface area contributed by atoms with E-state index in [1.807, 2.05) is 0 Å². The van der Waals surface area contributed by atoms with Gasteiger partial charge in [-0.05, 0) is 24.3 Å². The molecule has 0 amide bonds. The van der Waals surface area contributed by atoms with Gasteiger partial charge in [0, 0.05) is 22.3 Å². The molecule has 3 aromatic carbocycles. The smallest absolute Gasteiger partial charge is 0.195 e. The summed E-state index contributed by atoms with van der Waals surface area (Å²) >= 11 is 0. The normalized spacial score (nSPS) is 13.0. The lowest BCUT2D eigenvalue weighted by molar-refractivity contribution is 0.101. The Kier molecular flexibility index (Phi) is 5.69. The number of Topliss-reactive ketones (excluding diaryl/α,β-unsaturated/α-hetero) is 2. The van der Waals surface area contributed by atoms with Crippen LogP contribution in [0.5, 0.6) is 23.0 Å². The fourth-order valence-corrected chi connectivity index (χ4v) is 4.05. The number of hydrogen-bond donors (Lipinski definition) is 0. The van der Waals surface area contributed by atoms with Gasteiger partial charge < -0.3 is 18.9 Å². The molecule has 4 rings (SSSR count). The van der Waals surface area contributed by atoms with Gasteiger partial charge in [-0.15, -0.1) is 0 Å². The Morgan fingerprint density at radius 1 is 0.469 bits per heavy atom. The Hall–Kier alpha value is -4.06. The van der Waals surface area contributed by atoms with Crippen molar-refractivity contribution in [1.29, 1.82) is 0 Å². The Balaban J connectivity index is 2.20. The minimum Gasteiger partial charge on any atom is -0.496 e. The number of carbonyl (C=O) groups excluding carboxylic acids is 2. The van der Waals surface area contributed by atoms with Gasteiger partial charge in [0.05, 0.1) is 39.6 Å². The molecule has 0 saturated heterocycles. The van der Waals surface area contributed by atoms with Gasteiger partial charge in [0.15, 0.2) is 11.6 Å². The van der Waals surface area contributed by atoms with Crippen LogP contribution in [0.15, 0.2) is 60.7 Å². The van der Waals surface area contributed by atoms with E-state index in [0.717, 1.165) is 0 Å². The lowest BCUT2D eigenvalue weighted by Crippen LogP contribution is -2.22. The number of carbonyl (C=O) groups is 2. The Bertz CT molecular complexity index is 1110. The molecule has 0 unspecified atom stereocenters. The van der Waals surface area contributed by atoms with Gasteiger partial charge >= 0.3 is 0 Å². The molecule has 0 saturated carbocycles. The molecular formula is C26H22O6. The van der Waals surface area contributed by atoms with Crippen LogP contribution in [0, 0.1) is 0 Å². The summed E-state index contributed by atoms with van der Waals surface area (Å²) in [6.45, 7) is 0. The van der Waals surface area contributed by atoms with Crippen LogP contribution in [0.4, 0.5) is 0 Å². The molecule has 0 N–H and O–H groups in total. The van der Waals surface area contributed by atoms with Gasteiger partial charge in [-0.25, -0.2) is 0 Å². The van der Waals surface area contributed by atoms with E-state index in [0.29, 0.717) is 45.3 Å². The Labute approximate surface area is 186 Å². The SMILES string of the molecule is COc1cccc(OC)c1C1=C(c2c(OC)cccc2OC)C(=O)c2ccccc2C1=O. The van der Waals surface area contributed by atoms with Gasteiger partial charge in [0.2, 0.25) is 0 Å². The van der Waals surface area contributed by atoms with E-state index in [1.165, 1.54) is 28.4 Å². The van der Waals surface area contributed by atoms with Crippen molar-refractivity contribution in [2.24, 2.45) is 0 Å². The topological polar surface area (TPSA) is 71.1 Å². The first-order valence-electron chi connectivity index (χ1n) is 9.92. The molecule has 3 aromatic rings. The number of ketones is 2. The van der Waals surface area contributed by atoms with Crippen molar-refractivity contribution in [2.75, 3.05) is 28.4 Å². The number of ether oxygens (including phenoxy) is 4. The molecule has 0 atom stereocenters. The first-order chi connectivity index (χ1) is 15.6. The van der Waals surface area contributed by atoms with Crippen molar-refractivity contribution in [1.82, 2.24) is 0 Å². The van der Waals surface area contributed by atoms with E-state index in [2.05, 4.69) is 0 Å². The summed E-state index contributed by atoms with van der Waals surface area (Å²) in [5, 5.41) is 0. The number of benzene rings is 3. The first kappa shape index (κ1) is 21.2. The van der Waals surface area contributed by atoms with E-state index in [4.69, 9.17) is 18.9 Å². The van der Waals surface area contributed by atoms with Crippen LogP contribution in [0.2, 0.25) is 0 Å². The molecule has 1 aliphatic rings. The molecule has 0 radical (unpaired) electrons. The fraction of sp³-hybridized carbons (Fsp3) is 0.154. The molecule has 1 aliphatic carbocycles. The summed E-state index contributed by atoms with van der Waals surface area (Å²) in [7, 11) is 6.02. The number of hydrogen-bond acceptors (Lipinski definition) is 6. The maximum absolute atomic E-state index is 13.9. The molecule has 0 fully saturated rings. The summed E-state index contributed by atoms with van der Waals surface area (Å²) in [5.74, 6) is 1.01. The highest BCUT2D eigenvalue weighted by Crippen LogP contribution is 2.48. The van der Waals surface area contributed by atoms with Crippen LogP contribution in [-0.2, 0) is 0 Å². The minimum absolute atomic E-state index is 0.172. The highest BCUT2D eigenvalue weighted by atomic mass is 16.5. The van der Waals surface area contributed by atoms with Crippen LogP contribution >= 0.6 is 0 Å². The van der Waals surface area contributed by atoms with Crippen LogP contribution < -0.4 is 18.9 Å². The van der Waals surface area contributed by atoms with Crippen molar-refractivity contribution in [3.8, 4) is 23.0 Å². The summed E-state index contributed by atoms with van der Waals surface area (Å²) in [6.07, 6.45) is 0. The molecule has 6 heteroatoms. The van der Waals surface area contributed by atoms with Crippen molar-refractivity contribution >= 4 is 22.7 Å². The van der Waals surface area contributed by atoms with Gasteiger partial charge in [0.1, 0.15) is 23.0 Å². The molecule has 162 valence electrons. The van der Waals surface area contributed by atoms with Gasteiger partial charge in [-0.3, -0.25) is 9.59 Å². The second-order valence-electron chi connectivity index (χ2n) is 7.03. The third-order valence-corrected chi connectivity index (χ3v) is 5.48. The van der Waals surface area contributed by atoms with Crippen LogP contribution in [0.25, 0.3) is 11.1 Å². The molecule has 0 bridgehead atoms. The summed E-state index contributed by atoms with van der Waals surface area (Å²) < 4.78 is 22.3. The number of allylic oxidation sites excluding steroid dienone is 2. The van der Waals surface area contributed by atoms with Gasteiger partial charge in [-0.2, -0.15) is 0 Å². The van der Waals surface area contributed by atoms with E-state index in [9.17, 15) is 9.59 Å². The fourth-order valence-electron chi connectivity index (χ4n) is 4.05. The quantitative estimate of drug-likeness (QED) is 0.564. The molecule has 32 heavy (non-hydrogen) atoms. The Morgan fingerprint density at radius 3 is 1.06 bits per heavy atom. The highest BCUT2D eigenvalue weighted by Gasteiger charge is 2.38. The lowest BCUT2D eigenvalue weighted by Gasteiger charge is -2.25. The highest BCUT2D eigenvalue weighted by molar-refractivity contribution is 6.52. The summed E-state index contributed by atoms with van der Waals surface area (Å²) in [4.78, 5) is 27.8. The maximum atomic E-state index is 13.9. The van der Waals surface area contributed by atoms with Crippen molar-refractivity contribution in [3.63, 3.8) is 0 Å². The molecule has 0 heterocycles.